The van der Waals surface area contributed by atoms with Gasteiger partial charge in [-0.2, -0.15) is 0 Å². The largest absolute Gasteiger partial charge is 0.504 e. The average molecular weight is 248 g/mol. The van der Waals surface area contributed by atoms with E-state index in [4.69, 9.17) is 10.2 Å². The van der Waals surface area contributed by atoms with E-state index in [1.807, 2.05) is 0 Å². The number of benzene rings is 2. The SMILES string of the molecule is O=C(O)c1cccc2c(O)c(O)cc(C(=O)O)c12. The molecule has 2 aromatic rings. The van der Waals surface area contributed by atoms with Gasteiger partial charge in [0.15, 0.2) is 11.5 Å². The first kappa shape index (κ1) is 11.7. The third-order valence-electron chi connectivity index (χ3n) is 2.57. The fraction of sp³-hybridized carbons (Fsp3) is 0. The Bertz CT molecular complexity index is 674. The zero-order chi connectivity index (χ0) is 13.4. The van der Waals surface area contributed by atoms with E-state index in [2.05, 4.69) is 0 Å². The quantitative estimate of drug-likeness (QED) is 0.600. The van der Waals surface area contributed by atoms with Gasteiger partial charge in [0, 0.05) is 10.8 Å². The summed E-state index contributed by atoms with van der Waals surface area (Å²) in [6, 6.07) is 4.75. The molecule has 92 valence electrons. The van der Waals surface area contributed by atoms with Crippen LogP contribution in [0.1, 0.15) is 20.7 Å². The molecule has 2 aromatic carbocycles. The van der Waals surface area contributed by atoms with Gasteiger partial charge >= 0.3 is 11.9 Å². The molecule has 4 N–H and O–H groups in total. The molecule has 18 heavy (non-hydrogen) atoms. The Morgan fingerprint density at radius 2 is 1.56 bits per heavy atom. The van der Waals surface area contributed by atoms with E-state index in [1.54, 1.807) is 0 Å². The summed E-state index contributed by atoms with van der Waals surface area (Å²) in [5.41, 5.74) is -0.626. The number of phenolic OH excluding ortho intramolecular Hbond substituents is 2. The van der Waals surface area contributed by atoms with Gasteiger partial charge in [-0.3, -0.25) is 0 Å². The van der Waals surface area contributed by atoms with Gasteiger partial charge in [0.05, 0.1) is 11.1 Å². The van der Waals surface area contributed by atoms with Gasteiger partial charge in [0.1, 0.15) is 0 Å². The number of aromatic hydroxyl groups is 2. The standard InChI is InChI=1S/C12H8O6/c13-8-4-7(12(17)18)9-5(10(8)14)2-1-3-6(9)11(15)16/h1-4,13-14H,(H,15,16)(H,17,18). The van der Waals surface area contributed by atoms with Crippen molar-refractivity contribution in [2.24, 2.45) is 0 Å². The highest BCUT2D eigenvalue weighted by Crippen LogP contribution is 2.37. The molecule has 0 unspecified atom stereocenters. The molecule has 6 nitrogen and oxygen atoms in total. The lowest BCUT2D eigenvalue weighted by Gasteiger charge is -2.09. The molecule has 0 saturated carbocycles. The molecule has 0 aliphatic heterocycles. The van der Waals surface area contributed by atoms with Crippen molar-refractivity contribution in [3.63, 3.8) is 0 Å². The molecule has 0 fully saturated rings. The third kappa shape index (κ3) is 1.60. The van der Waals surface area contributed by atoms with Gasteiger partial charge in [-0.25, -0.2) is 9.59 Å². The first-order valence-electron chi connectivity index (χ1n) is 4.87. The fourth-order valence-electron chi connectivity index (χ4n) is 1.80. The number of phenols is 2. The summed E-state index contributed by atoms with van der Waals surface area (Å²) < 4.78 is 0. The number of rotatable bonds is 2. The normalized spacial score (nSPS) is 10.4. The van der Waals surface area contributed by atoms with E-state index in [0.717, 1.165) is 6.07 Å². The number of carbonyl (C=O) groups is 2. The summed E-state index contributed by atoms with van der Waals surface area (Å²) in [5.74, 6) is -3.85. The summed E-state index contributed by atoms with van der Waals surface area (Å²) >= 11 is 0. The van der Waals surface area contributed by atoms with Crippen molar-refractivity contribution in [1.29, 1.82) is 0 Å². The summed E-state index contributed by atoms with van der Waals surface area (Å²) in [6.45, 7) is 0. The Balaban J connectivity index is 3.04. The maximum absolute atomic E-state index is 11.1. The van der Waals surface area contributed by atoms with Crippen LogP contribution in [0.25, 0.3) is 10.8 Å². The Morgan fingerprint density at radius 1 is 0.944 bits per heavy atom. The highest BCUT2D eigenvalue weighted by atomic mass is 16.4. The van der Waals surface area contributed by atoms with Gasteiger partial charge in [0.2, 0.25) is 0 Å². The zero-order valence-corrected chi connectivity index (χ0v) is 8.91. The molecule has 0 heterocycles. The van der Waals surface area contributed by atoms with Crippen LogP contribution in [-0.4, -0.2) is 32.4 Å². The molecule has 0 aromatic heterocycles. The first-order chi connectivity index (χ1) is 8.43. The monoisotopic (exact) mass is 248 g/mol. The molecule has 0 bridgehead atoms. The van der Waals surface area contributed by atoms with Crippen LogP contribution < -0.4 is 0 Å². The number of aromatic carboxylic acids is 2. The smallest absolute Gasteiger partial charge is 0.336 e. The van der Waals surface area contributed by atoms with Gasteiger partial charge in [-0.1, -0.05) is 12.1 Å². The van der Waals surface area contributed by atoms with Crippen molar-refractivity contribution in [1.82, 2.24) is 0 Å². The minimum Gasteiger partial charge on any atom is -0.504 e. The molecule has 0 radical (unpaired) electrons. The van der Waals surface area contributed by atoms with E-state index >= 15 is 0 Å². The lowest BCUT2D eigenvalue weighted by molar-refractivity contribution is 0.0695. The van der Waals surface area contributed by atoms with Crippen molar-refractivity contribution in [3.8, 4) is 11.5 Å². The van der Waals surface area contributed by atoms with E-state index in [-0.39, 0.29) is 21.9 Å². The second-order valence-corrected chi connectivity index (χ2v) is 3.63. The van der Waals surface area contributed by atoms with Crippen molar-refractivity contribution >= 4 is 22.7 Å². The van der Waals surface area contributed by atoms with Crippen LogP contribution in [0.5, 0.6) is 11.5 Å². The number of hydrogen-bond acceptors (Lipinski definition) is 4. The van der Waals surface area contributed by atoms with Gasteiger partial charge in [0.25, 0.3) is 0 Å². The van der Waals surface area contributed by atoms with Gasteiger partial charge in [-0.15, -0.1) is 0 Å². The molecule has 0 amide bonds. The van der Waals surface area contributed by atoms with Crippen LogP contribution in [0.15, 0.2) is 24.3 Å². The number of fused-ring (bicyclic) bond motifs is 1. The molecule has 0 aliphatic carbocycles. The van der Waals surface area contributed by atoms with E-state index in [0.29, 0.717) is 0 Å². The topological polar surface area (TPSA) is 115 Å². The van der Waals surface area contributed by atoms with Crippen LogP contribution in [-0.2, 0) is 0 Å². The zero-order valence-electron chi connectivity index (χ0n) is 8.91. The van der Waals surface area contributed by atoms with E-state index < -0.39 is 23.4 Å². The summed E-state index contributed by atoms with van der Waals surface area (Å²) in [7, 11) is 0. The Morgan fingerprint density at radius 3 is 2.11 bits per heavy atom. The maximum atomic E-state index is 11.1. The Hall–Kier alpha value is -2.76. The van der Waals surface area contributed by atoms with Crippen molar-refractivity contribution in [3.05, 3.63) is 35.4 Å². The van der Waals surface area contributed by atoms with Gasteiger partial charge < -0.3 is 20.4 Å². The van der Waals surface area contributed by atoms with Crippen LogP contribution >= 0.6 is 0 Å². The Labute approximate surface area is 100 Å². The lowest BCUT2D eigenvalue weighted by Crippen LogP contribution is -2.04. The highest BCUT2D eigenvalue weighted by Gasteiger charge is 2.20. The molecule has 0 atom stereocenters. The molecular formula is C12H8O6. The van der Waals surface area contributed by atoms with Crippen LogP contribution in [0, 0.1) is 0 Å². The highest BCUT2D eigenvalue weighted by molar-refractivity contribution is 6.14. The number of carboxylic acid groups (broad SMARTS) is 2. The second kappa shape index (κ2) is 3.92. The summed E-state index contributed by atoms with van der Waals surface area (Å²) in [5, 5.41) is 36.9. The number of carboxylic acids is 2. The molecule has 6 heteroatoms. The first-order valence-corrected chi connectivity index (χ1v) is 4.87. The maximum Gasteiger partial charge on any atom is 0.336 e. The average Bonchev–Trinajstić information content (AvgIpc) is 2.32. The molecule has 0 aliphatic rings. The molecule has 2 rings (SSSR count). The fourth-order valence-corrected chi connectivity index (χ4v) is 1.80. The van der Waals surface area contributed by atoms with Crippen LogP contribution in [0.4, 0.5) is 0 Å². The summed E-state index contributed by atoms with van der Waals surface area (Å²) in [4.78, 5) is 22.1. The van der Waals surface area contributed by atoms with Crippen molar-refractivity contribution in [2.45, 2.75) is 0 Å². The van der Waals surface area contributed by atoms with Gasteiger partial charge in [-0.05, 0) is 12.1 Å². The molecular weight excluding hydrogens is 240 g/mol. The van der Waals surface area contributed by atoms with Crippen molar-refractivity contribution in [2.75, 3.05) is 0 Å². The van der Waals surface area contributed by atoms with E-state index in [9.17, 15) is 19.8 Å². The molecule has 0 saturated heterocycles. The Kier molecular flexibility index (Phi) is 2.55. The summed E-state index contributed by atoms with van der Waals surface area (Å²) in [6.07, 6.45) is 0. The minimum atomic E-state index is -1.39. The minimum absolute atomic E-state index is 0.0210. The van der Waals surface area contributed by atoms with Crippen molar-refractivity contribution < 1.29 is 30.0 Å². The lowest BCUT2D eigenvalue weighted by atomic mass is 9.98. The number of hydrogen-bond donors (Lipinski definition) is 4. The second-order valence-electron chi connectivity index (χ2n) is 3.63. The van der Waals surface area contributed by atoms with E-state index in [1.165, 1.54) is 18.2 Å². The predicted molar refractivity (Wildman–Crippen MR) is 61.2 cm³/mol. The third-order valence-corrected chi connectivity index (χ3v) is 2.57. The molecule has 0 spiro atoms. The predicted octanol–water partition coefficient (Wildman–Crippen LogP) is 1.65. The van der Waals surface area contributed by atoms with Crippen LogP contribution in [0.3, 0.4) is 0 Å². The van der Waals surface area contributed by atoms with Crippen LogP contribution in [0.2, 0.25) is 0 Å².